The van der Waals surface area contributed by atoms with E-state index in [2.05, 4.69) is 5.32 Å². The third kappa shape index (κ3) is 2.86. The van der Waals surface area contributed by atoms with Gasteiger partial charge in [0.05, 0.1) is 11.3 Å². The SMILES string of the molecule is CC1Oc2c(cccc2C(=O)N2CCCc3c(N)cccc32)NC1=O.Cl. The number of para-hydroxylation sites is 1. The standard InChI is InChI=1S/C19H19N3O3.ClH/c1-11-18(23)21-15-8-2-5-13(17(15)25-11)19(24)22-10-4-6-12-14(20)7-3-9-16(12)22;/h2-3,5,7-9,11H,4,6,10,20H2,1H3,(H,21,23);1H. The average Bonchev–Trinajstić information content (AvgIpc) is 2.62. The molecule has 6 nitrogen and oxygen atoms in total. The van der Waals surface area contributed by atoms with Crippen molar-refractivity contribution < 1.29 is 14.3 Å². The number of carbonyl (C=O) groups excluding carboxylic acids is 2. The summed E-state index contributed by atoms with van der Waals surface area (Å²) < 4.78 is 5.71. The van der Waals surface area contributed by atoms with Crippen molar-refractivity contribution in [2.45, 2.75) is 25.9 Å². The summed E-state index contributed by atoms with van der Waals surface area (Å²) in [7, 11) is 0. The number of hydrogen-bond acceptors (Lipinski definition) is 4. The largest absolute Gasteiger partial charge is 0.478 e. The first-order valence-electron chi connectivity index (χ1n) is 8.36. The molecule has 7 heteroatoms. The van der Waals surface area contributed by atoms with E-state index in [-0.39, 0.29) is 24.2 Å². The first kappa shape index (κ1) is 18.1. The van der Waals surface area contributed by atoms with Crippen LogP contribution in [-0.4, -0.2) is 24.5 Å². The number of amides is 2. The van der Waals surface area contributed by atoms with Gasteiger partial charge >= 0.3 is 0 Å². The molecule has 26 heavy (non-hydrogen) atoms. The maximum absolute atomic E-state index is 13.2. The van der Waals surface area contributed by atoms with E-state index in [1.165, 1.54) is 0 Å². The molecule has 2 aliphatic rings. The lowest BCUT2D eigenvalue weighted by Crippen LogP contribution is -2.38. The van der Waals surface area contributed by atoms with Crippen LogP contribution in [0, 0.1) is 0 Å². The zero-order valence-electron chi connectivity index (χ0n) is 14.3. The molecule has 2 amide bonds. The van der Waals surface area contributed by atoms with Crippen LogP contribution in [0.1, 0.15) is 29.3 Å². The zero-order chi connectivity index (χ0) is 17.6. The molecule has 0 fully saturated rings. The van der Waals surface area contributed by atoms with E-state index in [1.54, 1.807) is 30.0 Å². The first-order valence-corrected chi connectivity index (χ1v) is 8.36. The van der Waals surface area contributed by atoms with E-state index in [1.807, 2.05) is 18.2 Å². The summed E-state index contributed by atoms with van der Waals surface area (Å²) in [6, 6.07) is 10.8. The lowest BCUT2D eigenvalue weighted by molar-refractivity contribution is -0.122. The van der Waals surface area contributed by atoms with E-state index in [9.17, 15) is 9.59 Å². The molecule has 4 rings (SSSR count). The predicted molar refractivity (Wildman–Crippen MR) is 103 cm³/mol. The Morgan fingerprint density at radius 1 is 1.27 bits per heavy atom. The van der Waals surface area contributed by atoms with Crippen LogP contribution in [0.2, 0.25) is 0 Å². The normalized spacial score (nSPS) is 18.0. The summed E-state index contributed by atoms with van der Waals surface area (Å²) in [6.45, 7) is 2.29. The van der Waals surface area contributed by atoms with Gasteiger partial charge in [0.15, 0.2) is 11.9 Å². The maximum atomic E-state index is 13.2. The molecule has 0 spiro atoms. The highest BCUT2D eigenvalue weighted by Crippen LogP contribution is 2.37. The fraction of sp³-hybridized carbons (Fsp3) is 0.263. The molecule has 0 bridgehead atoms. The second kappa shape index (κ2) is 6.88. The van der Waals surface area contributed by atoms with Crippen molar-refractivity contribution in [1.82, 2.24) is 0 Å². The van der Waals surface area contributed by atoms with Gasteiger partial charge in [-0.1, -0.05) is 12.1 Å². The number of nitrogens with two attached hydrogens (primary N) is 1. The number of rotatable bonds is 1. The van der Waals surface area contributed by atoms with E-state index >= 15 is 0 Å². The fourth-order valence-corrected chi connectivity index (χ4v) is 3.40. The molecule has 2 aromatic carbocycles. The number of ether oxygens (including phenoxy) is 1. The third-order valence-electron chi connectivity index (χ3n) is 4.70. The van der Waals surface area contributed by atoms with E-state index < -0.39 is 6.10 Å². The molecule has 1 unspecified atom stereocenters. The van der Waals surface area contributed by atoms with Crippen LogP contribution in [0.4, 0.5) is 17.1 Å². The van der Waals surface area contributed by atoms with Gasteiger partial charge < -0.3 is 20.7 Å². The molecule has 136 valence electrons. The van der Waals surface area contributed by atoms with Crippen molar-refractivity contribution >= 4 is 41.3 Å². The Balaban J connectivity index is 0.00000196. The third-order valence-corrected chi connectivity index (χ3v) is 4.70. The number of benzene rings is 2. The van der Waals surface area contributed by atoms with Gasteiger partial charge in [-0.25, -0.2) is 0 Å². The quantitative estimate of drug-likeness (QED) is 0.752. The summed E-state index contributed by atoms with van der Waals surface area (Å²) in [6.07, 6.45) is 1.09. The lowest BCUT2D eigenvalue weighted by atomic mass is 9.98. The van der Waals surface area contributed by atoms with Gasteiger partial charge in [-0.3, -0.25) is 9.59 Å². The molecule has 0 aliphatic carbocycles. The summed E-state index contributed by atoms with van der Waals surface area (Å²) in [5.74, 6) is 0.0653. The Kier molecular flexibility index (Phi) is 4.78. The second-order valence-electron chi connectivity index (χ2n) is 6.34. The molecule has 0 radical (unpaired) electrons. The summed E-state index contributed by atoms with van der Waals surface area (Å²) in [4.78, 5) is 26.8. The molecular weight excluding hydrogens is 354 g/mol. The van der Waals surface area contributed by atoms with Crippen LogP contribution in [-0.2, 0) is 11.2 Å². The highest BCUT2D eigenvalue weighted by Gasteiger charge is 2.31. The van der Waals surface area contributed by atoms with Gasteiger partial charge in [-0.2, -0.15) is 0 Å². The van der Waals surface area contributed by atoms with Crippen LogP contribution < -0.4 is 20.7 Å². The Morgan fingerprint density at radius 3 is 2.85 bits per heavy atom. The number of hydrogen-bond donors (Lipinski definition) is 2. The van der Waals surface area contributed by atoms with E-state index in [4.69, 9.17) is 10.5 Å². The van der Waals surface area contributed by atoms with Crippen molar-refractivity contribution in [3.8, 4) is 5.75 Å². The highest BCUT2D eigenvalue weighted by molar-refractivity contribution is 6.11. The van der Waals surface area contributed by atoms with Crippen molar-refractivity contribution in [1.29, 1.82) is 0 Å². The molecule has 1 atom stereocenters. The highest BCUT2D eigenvalue weighted by atomic mass is 35.5. The second-order valence-corrected chi connectivity index (χ2v) is 6.34. The van der Waals surface area contributed by atoms with Crippen LogP contribution in [0.5, 0.6) is 5.75 Å². The van der Waals surface area contributed by atoms with E-state index in [0.29, 0.717) is 29.2 Å². The molecule has 0 saturated carbocycles. The van der Waals surface area contributed by atoms with Crippen molar-refractivity contribution in [3.63, 3.8) is 0 Å². The van der Waals surface area contributed by atoms with Crippen LogP contribution in [0.15, 0.2) is 36.4 Å². The summed E-state index contributed by atoms with van der Waals surface area (Å²) in [5.41, 5.74) is 9.62. The average molecular weight is 374 g/mol. The monoisotopic (exact) mass is 373 g/mol. The van der Waals surface area contributed by atoms with Crippen molar-refractivity contribution in [2.75, 3.05) is 22.5 Å². The minimum Gasteiger partial charge on any atom is -0.478 e. The molecule has 0 saturated heterocycles. The lowest BCUT2D eigenvalue weighted by Gasteiger charge is -2.32. The Labute approximate surface area is 157 Å². The molecule has 2 heterocycles. The summed E-state index contributed by atoms with van der Waals surface area (Å²) in [5, 5.41) is 2.78. The predicted octanol–water partition coefficient (Wildman–Crippen LogP) is 3.00. The first-order chi connectivity index (χ1) is 12.1. The summed E-state index contributed by atoms with van der Waals surface area (Å²) >= 11 is 0. The fourth-order valence-electron chi connectivity index (χ4n) is 3.40. The zero-order valence-corrected chi connectivity index (χ0v) is 15.1. The van der Waals surface area contributed by atoms with Gasteiger partial charge in [-0.05, 0) is 49.6 Å². The number of carbonyl (C=O) groups is 2. The number of fused-ring (bicyclic) bond motifs is 2. The Morgan fingerprint density at radius 2 is 2.04 bits per heavy atom. The van der Waals surface area contributed by atoms with Crippen molar-refractivity contribution in [3.05, 3.63) is 47.5 Å². The van der Waals surface area contributed by atoms with Gasteiger partial charge in [-0.15, -0.1) is 12.4 Å². The van der Waals surface area contributed by atoms with Crippen LogP contribution >= 0.6 is 12.4 Å². The van der Waals surface area contributed by atoms with Gasteiger partial charge in [0.25, 0.3) is 11.8 Å². The minimum absolute atomic E-state index is 0. The van der Waals surface area contributed by atoms with Gasteiger partial charge in [0.2, 0.25) is 0 Å². The number of nitrogens with one attached hydrogen (secondary N) is 1. The minimum atomic E-state index is -0.634. The number of nitrogen functional groups attached to an aromatic ring is 1. The Bertz CT molecular complexity index is 884. The van der Waals surface area contributed by atoms with Gasteiger partial charge in [0.1, 0.15) is 0 Å². The number of halogens is 1. The van der Waals surface area contributed by atoms with Crippen LogP contribution in [0.3, 0.4) is 0 Å². The molecule has 0 aromatic heterocycles. The number of anilines is 3. The van der Waals surface area contributed by atoms with Crippen LogP contribution in [0.25, 0.3) is 0 Å². The molecule has 2 aliphatic heterocycles. The van der Waals surface area contributed by atoms with Crippen molar-refractivity contribution in [2.24, 2.45) is 0 Å². The maximum Gasteiger partial charge on any atom is 0.265 e. The Hall–Kier alpha value is -2.73. The molecular formula is C19H20ClN3O3. The van der Waals surface area contributed by atoms with E-state index in [0.717, 1.165) is 24.1 Å². The number of nitrogens with zero attached hydrogens (tertiary/aromatic N) is 1. The smallest absolute Gasteiger partial charge is 0.265 e. The molecule has 2 aromatic rings. The topological polar surface area (TPSA) is 84.7 Å². The molecule has 3 N–H and O–H groups in total. The van der Waals surface area contributed by atoms with Gasteiger partial charge in [0, 0.05) is 17.9 Å².